The second kappa shape index (κ2) is 8.06. The summed E-state index contributed by atoms with van der Waals surface area (Å²) in [6.07, 6.45) is 0.882. The Balaban J connectivity index is 2.46. The maximum absolute atomic E-state index is 9.11. The zero-order valence-electron chi connectivity index (χ0n) is 10.4. The van der Waals surface area contributed by atoms with E-state index in [0.29, 0.717) is 19.8 Å². The van der Waals surface area contributed by atoms with Gasteiger partial charge in [0.1, 0.15) is 5.75 Å². The minimum Gasteiger partial charge on any atom is -0.497 e. The van der Waals surface area contributed by atoms with E-state index in [4.69, 9.17) is 19.3 Å². The van der Waals surface area contributed by atoms with Crippen molar-refractivity contribution in [2.45, 2.75) is 19.6 Å². The molecule has 96 valence electrons. The zero-order chi connectivity index (χ0) is 12.5. The fourth-order valence-electron chi connectivity index (χ4n) is 1.52. The highest BCUT2D eigenvalue weighted by Gasteiger charge is 2.01. The Morgan fingerprint density at radius 2 is 1.82 bits per heavy atom. The smallest absolute Gasteiger partial charge is 0.119 e. The van der Waals surface area contributed by atoms with E-state index in [-0.39, 0.29) is 6.61 Å². The van der Waals surface area contributed by atoms with Gasteiger partial charge < -0.3 is 19.3 Å². The van der Waals surface area contributed by atoms with Gasteiger partial charge in [0.2, 0.25) is 0 Å². The van der Waals surface area contributed by atoms with Gasteiger partial charge in [0.25, 0.3) is 0 Å². The molecule has 0 unspecified atom stereocenters. The van der Waals surface area contributed by atoms with Gasteiger partial charge >= 0.3 is 0 Å². The molecular weight excluding hydrogens is 220 g/mol. The van der Waals surface area contributed by atoms with Gasteiger partial charge in [-0.05, 0) is 29.7 Å². The van der Waals surface area contributed by atoms with Gasteiger partial charge in [0.05, 0.1) is 20.3 Å². The van der Waals surface area contributed by atoms with Crippen LogP contribution in [-0.4, -0.2) is 32.5 Å². The molecule has 0 bridgehead atoms. The third-order valence-electron chi connectivity index (χ3n) is 2.35. The molecule has 0 aromatic heterocycles. The van der Waals surface area contributed by atoms with Crippen LogP contribution in [0.3, 0.4) is 0 Å². The molecule has 0 spiro atoms. The Kier molecular flexibility index (Phi) is 6.62. The van der Waals surface area contributed by atoms with Crippen LogP contribution >= 0.6 is 0 Å². The van der Waals surface area contributed by atoms with Crippen molar-refractivity contribution in [1.29, 1.82) is 0 Å². The van der Waals surface area contributed by atoms with E-state index in [1.165, 1.54) is 0 Å². The maximum atomic E-state index is 9.11. The Hall–Kier alpha value is -1.10. The van der Waals surface area contributed by atoms with Crippen molar-refractivity contribution in [2.75, 3.05) is 27.4 Å². The molecule has 1 aromatic carbocycles. The van der Waals surface area contributed by atoms with Gasteiger partial charge in [-0.25, -0.2) is 0 Å². The summed E-state index contributed by atoms with van der Waals surface area (Å²) < 4.78 is 15.6. The lowest BCUT2D eigenvalue weighted by atomic mass is 10.1. The van der Waals surface area contributed by atoms with Crippen LogP contribution in [0.2, 0.25) is 0 Å². The molecule has 4 nitrogen and oxygen atoms in total. The number of aliphatic hydroxyl groups is 1. The summed E-state index contributed by atoms with van der Waals surface area (Å²) in [5.41, 5.74) is 1.84. The number of methoxy groups -OCH3 is 2. The maximum Gasteiger partial charge on any atom is 0.119 e. The van der Waals surface area contributed by atoms with Crippen molar-refractivity contribution in [3.8, 4) is 5.75 Å². The summed E-state index contributed by atoms with van der Waals surface area (Å²) in [7, 11) is 3.29. The fourth-order valence-corrected chi connectivity index (χ4v) is 1.52. The van der Waals surface area contributed by atoms with Gasteiger partial charge in [-0.15, -0.1) is 0 Å². The highest BCUT2D eigenvalue weighted by molar-refractivity contribution is 5.33. The number of ether oxygens (including phenoxy) is 3. The van der Waals surface area contributed by atoms with E-state index in [0.717, 1.165) is 23.3 Å². The van der Waals surface area contributed by atoms with Crippen LogP contribution < -0.4 is 4.74 Å². The van der Waals surface area contributed by atoms with Crippen LogP contribution in [0.5, 0.6) is 5.75 Å². The van der Waals surface area contributed by atoms with E-state index >= 15 is 0 Å². The first-order valence-electron chi connectivity index (χ1n) is 5.64. The zero-order valence-corrected chi connectivity index (χ0v) is 10.4. The monoisotopic (exact) mass is 240 g/mol. The minimum absolute atomic E-state index is 0.00781. The highest BCUT2D eigenvalue weighted by atomic mass is 16.5. The lowest BCUT2D eigenvalue weighted by Crippen LogP contribution is -2.00. The van der Waals surface area contributed by atoms with E-state index in [1.807, 2.05) is 18.2 Å². The van der Waals surface area contributed by atoms with Gasteiger partial charge in [-0.3, -0.25) is 0 Å². The topological polar surface area (TPSA) is 47.9 Å². The first-order valence-corrected chi connectivity index (χ1v) is 5.64. The molecule has 0 atom stereocenters. The summed E-state index contributed by atoms with van der Waals surface area (Å²) in [6.45, 7) is 1.90. The molecule has 0 fully saturated rings. The Morgan fingerprint density at radius 3 is 2.47 bits per heavy atom. The van der Waals surface area contributed by atoms with Crippen molar-refractivity contribution in [3.05, 3.63) is 29.3 Å². The van der Waals surface area contributed by atoms with Gasteiger partial charge in [-0.2, -0.15) is 0 Å². The lowest BCUT2D eigenvalue weighted by molar-refractivity contribution is 0.0927. The molecule has 0 aliphatic carbocycles. The minimum atomic E-state index is 0.00781. The van der Waals surface area contributed by atoms with E-state index in [9.17, 15) is 0 Å². The molecule has 0 aliphatic rings. The predicted octanol–water partition coefficient (Wildman–Crippen LogP) is 1.74. The van der Waals surface area contributed by atoms with Crippen molar-refractivity contribution < 1.29 is 19.3 Å². The molecular formula is C13H20O4. The first-order chi connectivity index (χ1) is 8.30. The third-order valence-corrected chi connectivity index (χ3v) is 2.35. The van der Waals surface area contributed by atoms with E-state index in [2.05, 4.69) is 0 Å². The molecule has 1 rings (SSSR count). The average molecular weight is 240 g/mol. The molecule has 0 amide bonds. The largest absolute Gasteiger partial charge is 0.497 e. The molecule has 4 heteroatoms. The first kappa shape index (κ1) is 14.0. The second-order valence-electron chi connectivity index (χ2n) is 3.75. The fraction of sp³-hybridized carbons (Fsp3) is 0.538. The Morgan fingerprint density at radius 1 is 1.06 bits per heavy atom. The highest BCUT2D eigenvalue weighted by Crippen LogP contribution is 2.17. The normalized spacial score (nSPS) is 10.5. The lowest BCUT2D eigenvalue weighted by Gasteiger charge is -2.08. The molecule has 0 saturated heterocycles. The van der Waals surface area contributed by atoms with Crippen LogP contribution in [0.25, 0.3) is 0 Å². The SMILES string of the molecule is COCCCOCc1cc(CO)cc(OC)c1. The van der Waals surface area contributed by atoms with Gasteiger partial charge in [0, 0.05) is 20.3 Å². The standard InChI is InChI=1S/C13H20O4/c1-15-4-3-5-17-10-12-6-11(9-14)7-13(8-12)16-2/h6-8,14H,3-5,9-10H2,1-2H3. The summed E-state index contributed by atoms with van der Waals surface area (Å²) in [5.74, 6) is 0.743. The van der Waals surface area contributed by atoms with Crippen molar-refractivity contribution >= 4 is 0 Å². The number of aliphatic hydroxyl groups excluding tert-OH is 1. The summed E-state index contributed by atoms with van der Waals surface area (Å²) in [6, 6.07) is 5.64. The van der Waals surface area contributed by atoms with Crippen LogP contribution in [0.1, 0.15) is 17.5 Å². The summed E-state index contributed by atoms with van der Waals surface area (Å²) in [4.78, 5) is 0. The molecule has 1 aromatic rings. The number of rotatable bonds is 8. The Labute approximate surface area is 102 Å². The van der Waals surface area contributed by atoms with Gasteiger partial charge in [0.15, 0.2) is 0 Å². The predicted molar refractivity (Wildman–Crippen MR) is 65.1 cm³/mol. The Bertz CT molecular complexity index is 303. The van der Waals surface area contributed by atoms with Crippen molar-refractivity contribution in [2.24, 2.45) is 0 Å². The molecule has 0 saturated carbocycles. The van der Waals surface area contributed by atoms with E-state index in [1.54, 1.807) is 14.2 Å². The van der Waals surface area contributed by atoms with Crippen molar-refractivity contribution in [1.82, 2.24) is 0 Å². The molecule has 1 N–H and O–H groups in total. The van der Waals surface area contributed by atoms with E-state index < -0.39 is 0 Å². The molecule has 0 radical (unpaired) electrons. The summed E-state index contributed by atoms with van der Waals surface area (Å²) >= 11 is 0. The van der Waals surface area contributed by atoms with Gasteiger partial charge in [-0.1, -0.05) is 6.07 Å². The van der Waals surface area contributed by atoms with Crippen molar-refractivity contribution in [3.63, 3.8) is 0 Å². The second-order valence-corrected chi connectivity index (χ2v) is 3.75. The summed E-state index contributed by atoms with van der Waals surface area (Å²) in [5, 5.41) is 9.11. The molecule has 0 heterocycles. The van der Waals surface area contributed by atoms with Crippen LogP contribution in [0.4, 0.5) is 0 Å². The average Bonchev–Trinajstić information content (AvgIpc) is 2.38. The quantitative estimate of drug-likeness (QED) is 0.703. The third kappa shape index (κ3) is 5.17. The van der Waals surface area contributed by atoms with Crippen LogP contribution in [0.15, 0.2) is 18.2 Å². The van der Waals surface area contributed by atoms with Crippen LogP contribution in [-0.2, 0) is 22.7 Å². The number of benzene rings is 1. The number of hydrogen-bond donors (Lipinski definition) is 1. The molecule has 17 heavy (non-hydrogen) atoms. The molecule has 0 aliphatic heterocycles. The number of hydrogen-bond acceptors (Lipinski definition) is 4. The van der Waals surface area contributed by atoms with Crippen LogP contribution in [0, 0.1) is 0 Å².